The van der Waals surface area contributed by atoms with Crippen molar-refractivity contribution in [3.8, 4) is 0 Å². The number of likely N-dealkylation sites (N-methyl/N-ethyl adjacent to an activating group) is 1. The standard InChI is InChI=1S/C12H20N4O2/c1-8-5-13-6-9(8)12-14-11(15-18-12)10-7-16(2)3-4-17-10/h8-10,13H,3-7H2,1-2H3/t8-,9-,10?/m1/s1. The van der Waals surface area contributed by atoms with E-state index in [0.717, 1.165) is 38.7 Å². The highest BCUT2D eigenvalue weighted by Gasteiger charge is 2.31. The van der Waals surface area contributed by atoms with Crippen LogP contribution in [0.4, 0.5) is 0 Å². The number of nitrogens with one attached hydrogen (secondary N) is 1. The molecule has 3 rings (SSSR count). The zero-order valence-corrected chi connectivity index (χ0v) is 10.9. The van der Waals surface area contributed by atoms with Gasteiger partial charge in [0.15, 0.2) is 0 Å². The third kappa shape index (κ3) is 2.28. The van der Waals surface area contributed by atoms with Gasteiger partial charge < -0.3 is 19.5 Å². The van der Waals surface area contributed by atoms with Crippen LogP contribution < -0.4 is 5.32 Å². The van der Waals surface area contributed by atoms with E-state index in [1.807, 2.05) is 0 Å². The largest absolute Gasteiger partial charge is 0.367 e. The van der Waals surface area contributed by atoms with E-state index < -0.39 is 0 Å². The molecule has 3 atom stereocenters. The molecule has 6 nitrogen and oxygen atoms in total. The molecule has 3 heterocycles. The lowest BCUT2D eigenvalue weighted by Gasteiger charge is -2.27. The Morgan fingerprint density at radius 3 is 3.00 bits per heavy atom. The minimum Gasteiger partial charge on any atom is -0.367 e. The molecule has 0 saturated carbocycles. The third-order valence-electron chi connectivity index (χ3n) is 3.85. The zero-order chi connectivity index (χ0) is 12.5. The molecule has 6 heteroatoms. The van der Waals surface area contributed by atoms with Crippen LogP contribution in [0.5, 0.6) is 0 Å². The van der Waals surface area contributed by atoms with Crippen LogP contribution in [0, 0.1) is 5.92 Å². The number of morpholine rings is 1. The molecule has 1 aromatic rings. The van der Waals surface area contributed by atoms with Gasteiger partial charge in [0.2, 0.25) is 11.7 Å². The molecule has 0 spiro atoms. The van der Waals surface area contributed by atoms with E-state index in [-0.39, 0.29) is 6.10 Å². The number of ether oxygens (including phenoxy) is 1. The predicted molar refractivity (Wildman–Crippen MR) is 65.3 cm³/mol. The van der Waals surface area contributed by atoms with Gasteiger partial charge in [0.25, 0.3) is 0 Å². The first kappa shape index (κ1) is 12.1. The number of hydrogen-bond donors (Lipinski definition) is 1. The van der Waals surface area contributed by atoms with Crippen molar-refractivity contribution in [1.29, 1.82) is 0 Å². The zero-order valence-electron chi connectivity index (χ0n) is 10.9. The van der Waals surface area contributed by atoms with E-state index in [0.29, 0.717) is 17.7 Å². The summed E-state index contributed by atoms with van der Waals surface area (Å²) in [5.41, 5.74) is 0. The molecule has 18 heavy (non-hydrogen) atoms. The Hall–Kier alpha value is -0.980. The van der Waals surface area contributed by atoms with Gasteiger partial charge in [0.05, 0.1) is 12.5 Å². The van der Waals surface area contributed by atoms with Crippen molar-refractivity contribution in [1.82, 2.24) is 20.4 Å². The molecule has 0 bridgehead atoms. The average molecular weight is 252 g/mol. The number of hydrogen-bond acceptors (Lipinski definition) is 6. The normalized spacial score (nSPS) is 34.0. The Balaban J connectivity index is 1.72. The van der Waals surface area contributed by atoms with Crippen LogP contribution in [-0.2, 0) is 4.74 Å². The van der Waals surface area contributed by atoms with Gasteiger partial charge >= 0.3 is 0 Å². The minimum atomic E-state index is -0.0501. The van der Waals surface area contributed by atoms with E-state index in [4.69, 9.17) is 9.26 Å². The van der Waals surface area contributed by atoms with Crippen molar-refractivity contribution < 1.29 is 9.26 Å². The molecule has 0 aliphatic carbocycles. The lowest BCUT2D eigenvalue weighted by molar-refractivity contribution is -0.0264. The smallest absolute Gasteiger partial charge is 0.231 e. The fourth-order valence-electron chi connectivity index (χ4n) is 2.60. The Morgan fingerprint density at radius 2 is 2.28 bits per heavy atom. The van der Waals surface area contributed by atoms with E-state index in [1.165, 1.54) is 0 Å². The molecular weight excluding hydrogens is 232 g/mol. The third-order valence-corrected chi connectivity index (χ3v) is 3.85. The molecule has 100 valence electrons. The highest BCUT2D eigenvalue weighted by molar-refractivity contribution is 5.03. The highest BCUT2D eigenvalue weighted by atomic mass is 16.5. The summed E-state index contributed by atoms with van der Waals surface area (Å²) in [6.45, 7) is 6.67. The van der Waals surface area contributed by atoms with Crippen molar-refractivity contribution in [3.05, 3.63) is 11.7 Å². The van der Waals surface area contributed by atoms with E-state index in [9.17, 15) is 0 Å². The Kier molecular flexibility index (Phi) is 3.32. The Morgan fingerprint density at radius 1 is 1.39 bits per heavy atom. The minimum absolute atomic E-state index is 0.0501. The highest BCUT2D eigenvalue weighted by Crippen LogP contribution is 2.28. The summed E-state index contributed by atoms with van der Waals surface area (Å²) in [5, 5.41) is 7.44. The monoisotopic (exact) mass is 252 g/mol. The van der Waals surface area contributed by atoms with Gasteiger partial charge in [-0.25, -0.2) is 0 Å². The average Bonchev–Trinajstić information content (AvgIpc) is 2.97. The molecule has 2 aliphatic heterocycles. The van der Waals surface area contributed by atoms with Crippen LogP contribution in [0.15, 0.2) is 4.52 Å². The Bertz CT molecular complexity index is 409. The van der Waals surface area contributed by atoms with Crippen LogP contribution in [0.3, 0.4) is 0 Å². The molecule has 0 aromatic carbocycles. The quantitative estimate of drug-likeness (QED) is 0.822. The molecule has 1 unspecified atom stereocenters. The van der Waals surface area contributed by atoms with Crippen molar-refractivity contribution in [2.45, 2.75) is 18.9 Å². The SMILES string of the molecule is C[C@@H]1CNC[C@H]1c1nc(C2CN(C)CCO2)no1. The fraction of sp³-hybridized carbons (Fsp3) is 0.833. The molecule has 0 amide bonds. The van der Waals surface area contributed by atoms with Crippen LogP contribution in [0.25, 0.3) is 0 Å². The maximum absolute atomic E-state index is 5.69. The maximum Gasteiger partial charge on any atom is 0.231 e. The lowest BCUT2D eigenvalue weighted by Crippen LogP contribution is -2.35. The van der Waals surface area contributed by atoms with Gasteiger partial charge in [-0.3, -0.25) is 0 Å². The maximum atomic E-state index is 5.69. The summed E-state index contributed by atoms with van der Waals surface area (Å²) < 4.78 is 11.1. The van der Waals surface area contributed by atoms with Gasteiger partial charge in [-0.2, -0.15) is 4.98 Å². The van der Waals surface area contributed by atoms with Crippen molar-refractivity contribution in [3.63, 3.8) is 0 Å². The topological polar surface area (TPSA) is 63.4 Å². The Labute approximate surface area is 107 Å². The molecule has 2 saturated heterocycles. The van der Waals surface area contributed by atoms with E-state index >= 15 is 0 Å². The molecule has 1 aromatic heterocycles. The van der Waals surface area contributed by atoms with Gasteiger partial charge in [-0.05, 0) is 19.5 Å². The van der Waals surface area contributed by atoms with Gasteiger partial charge in [0.1, 0.15) is 6.10 Å². The van der Waals surface area contributed by atoms with Gasteiger partial charge in [-0.1, -0.05) is 12.1 Å². The summed E-state index contributed by atoms with van der Waals surface area (Å²) in [6, 6.07) is 0. The molecular formula is C12H20N4O2. The van der Waals surface area contributed by atoms with Crippen LogP contribution >= 0.6 is 0 Å². The van der Waals surface area contributed by atoms with Crippen molar-refractivity contribution in [2.75, 3.05) is 39.8 Å². The van der Waals surface area contributed by atoms with E-state index in [1.54, 1.807) is 0 Å². The first-order chi connectivity index (χ1) is 8.74. The van der Waals surface area contributed by atoms with Crippen molar-refractivity contribution >= 4 is 0 Å². The van der Waals surface area contributed by atoms with Crippen molar-refractivity contribution in [2.24, 2.45) is 5.92 Å². The van der Waals surface area contributed by atoms with E-state index in [2.05, 4.69) is 34.3 Å². The second kappa shape index (κ2) is 4.95. The first-order valence-electron chi connectivity index (χ1n) is 6.58. The van der Waals surface area contributed by atoms with Gasteiger partial charge in [0, 0.05) is 19.6 Å². The van der Waals surface area contributed by atoms with Crippen LogP contribution in [0.2, 0.25) is 0 Å². The number of rotatable bonds is 2. The lowest BCUT2D eigenvalue weighted by atomic mass is 9.98. The predicted octanol–water partition coefficient (Wildman–Crippen LogP) is 0.396. The molecule has 2 fully saturated rings. The van der Waals surface area contributed by atoms with Crippen LogP contribution in [0.1, 0.15) is 30.7 Å². The number of nitrogens with zero attached hydrogens (tertiary/aromatic N) is 3. The second-order valence-corrected chi connectivity index (χ2v) is 5.35. The summed E-state index contributed by atoms with van der Waals surface area (Å²) in [6.07, 6.45) is -0.0501. The summed E-state index contributed by atoms with van der Waals surface area (Å²) in [5.74, 6) is 2.33. The van der Waals surface area contributed by atoms with Crippen LogP contribution in [-0.4, -0.2) is 54.9 Å². The first-order valence-corrected chi connectivity index (χ1v) is 6.58. The van der Waals surface area contributed by atoms with Gasteiger partial charge in [-0.15, -0.1) is 0 Å². The molecule has 1 N–H and O–H groups in total. The summed E-state index contributed by atoms with van der Waals surface area (Å²) in [7, 11) is 2.08. The molecule has 0 radical (unpaired) electrons. The number of aromatic nitrogens is 2. The summed E-state index contributed by atoms with van der Waals surface area (Å²) >= 11 is 0. The second-order valence-electron chi connectivity index (χ2n) is 5.35. The fourth-order valence-corrected chi connectivity index (χ4v) is 2.60. The summed E-state index contributed by atoms with van der Waals surface area (Å²) in [4.78, 5) is 6.76. The molecule has 2 aliphatic rings.